The second-order valence-corrected chi connectivity index (χ2v) is 6.58. The molecule has 2 heterocycles. The smallest absolute Gasteiger partial charge is 0.155 e. The molecule has 0 aromatic carbocycles. The lowest BCUT2D eigenvalue weighted by Crippen LogP contribution is -2.56. The second-order valence-electron chi connectivity index (χ2n) is 5.76. The predicted molar refractivity (Wildman–Crippen MR) is 82.7 cm³/mol. The van der Waals surface area contributed by atoms with Gasteiger partial charge in [0.2, 0.25) is 0 Å². The summed E-state index contributed by atoms with van der Waals surface area (Å²) in [6.45, 7) is 1.85. The lowest BCUT2D eigenvalue weighted by molar-refractivity contribution is 0.0597. The van der Waals surface area contributed by atoms with Crippen LogP contribution in [0.2, 0.25) is 0 Å². The highest BCUT2D eigenvalue weighted by Crippen LogP contribution is 2.35. The van der Waals surface area contributed by atoms with E-state index in [9.17, 15) is 0 Å². The molecule has 0 atom stereocenters. The molecule has 5 nitrogen and oxygen atoms in total. The van der Waals surface area contributed by atoms with E-state index in [-0.39, 0.29) is 0 Å². The van der Waals surface area contributed by atoms with Crippen molar-refractivity contribution in [3.8, 4) is 0 Å². The Hall–Kier alpha value is -0.980. The highest BCUT2D eigenvalue weighted by molar-refractivity contribution is 9.10. The van der Waals surface area contributed by atoms with E-state index >= 15 is 0 Å². The first kappa shape index (κ1) is 14.0. The van der Waals surface area contributed by atoms with Gasteiger partial charge in [0, 0.05) is 24.8 Å². The molecule has 6 heteroatoms. The van der Waals surface area contributed by atoms with Gasteiger partial charge in [-0.15, -0.1) is 0 Å². The molecule has 3 rings (SSSR count). The van der Waals surface area contributed by atoms with Crippen molar-refractivity contribution in [1.29, 1.82) is 0 Å². The molecule has 1 aliphatic carbocycles. The van der Waals surface area contributed by atoms with E-state index in [1.165, 1.54) is 19.3 Å². The highest BCUT2D eigenvalue weighted by atomic mass is 79.9. The number of imidazole rings is 1. The molecular formula is C14H20BrN5. The van der Waals surface area contributed by atoms with Crippen molar-refractivity contribution in [3.63, 3.8) is 0 Å². The molecule has 2 aromatic rings. The Morgan fingerprint density at radius 2 is 2.15 bits per heavy atom. The van der Waals surface area contributed by atoms with E-state index in [0.717, 1.165) is 29.0 Å². The average Bonchev–Trinajstić information content (AvgIpc) is 2.74. The van der Waals surface area contributed by atoms with Gasteiger partial charge in [-0.25, -0.2) is 9.97 Å². The molecule has 0 amide bonds. The zero-order chi connectivity index (χ0) is 14.2. The number of nitrogens with zero attached hydrogens (tertiary/aromatic N) is 4. The Bertz CT molecular complexity index is 603. The Labute approximate surface area is 127 Å². The van der Waals surface area contributed by atoms with Crippen LogP contribution in [0, 0.1) is 0 Å². The van der Waals surface area contributed by atoms with Crippen LogP contribution in [0.3, 0.4) is 0 Å². The van der Waals surface area contributed by atoms with Crippen molar-refractivity contribution >= 4 is 21.6 Å². The number of aromatic nitrogens is 3. The minimum absolute atomic E-state index is 0.350. The number of likely N-dealkylation sites (N-methyl/N-ethyl adjacent to an activating group) is 1. The van der Waals surface area contributed by atoms with Crippen molar-refractivity contribution in [2.24, 2.45) is 0 Å². The van der Waals surface area contributed by atoms with Gasteiger partial charge in [0.25, 0.3) is 0 Å². The fourth-order valence-corrected chi connectivity index (χ4v) is 3.14. The van der Waals surface area contributed by atoms with Crippen LogP contribution < -0.4 is 5.32 Å². The van der Waals surface area contributed by atoms with E-state index < -0.39 is 0 Å². The standard InChI is InChI=1S/C14H20BrN5/c1-19(2)14(4-3-5-14)10-16-6-11-7-18-13-8-17-12(15)9-20(11)13/h7-9,16H,3-6,10H2,1-2H3. The van der Waals surface area contributed by atoms with Gasteiger partial charge >= 0.3 is 0 Å². The normalized spacial score (nSPS) is 17.6. The van der Waals surface area contributed by atoms with Gasteiger partial charge < -0.3 is 10.2 Å². The van der Waals surface area contributed by atoms with E-state index in [4.69, 9.17) is 0 Å². The van der Waals surface area contributed by atoms with Crippen molar-refractivity contribution in [2.75, 3.05) is 20.6 Å². The maximum atomic E-state index is 4.37. The number of hydrogen-bond donors (Lipinski definition) is 1. The van der Waals surface area contributed by atoms with Crippen molar-refractivity contribution in [3.05, 3.63) is 28.9 Å². The van der Waals surface area contributed by atoms with Crippen LogP contribution in [-0.2, 0) is 6.54 Å². The topological polar surface area (TPSA) is 45.5 Å². The molecule has 1 N–H and O–H groups in total. The molecule has 0 saturated heterocycles. The van der Waals surface area contributed by atoms with Gasteiger partial charge in [-0.3, -0.25) is 4.40 Å². The summed E-state index contributed by atoms with van der Waals surface area (Å²) in [4.78, 5) is 10.9. The highest BCUT2D eigenvalue weighted by Gasteiger charge is 2.38. The van der Waals surface area contributed by atoms with Gasteiger partial charge in [0.15, 0.2) is 5.65 Å². The second kappa shape index (κ2) is 5.42. The first-order valence-corrected chi connectivity index (χ1v) is 7.76. The summed E-state index contributed by atoms with van der Waals surface area (Å²) in [7, 11) is 4.36. The number of rotatable bonds is 5. The van der Waals surface area contributed by atoms with Gasteiger partial charge in [-0.05, 0) is 49.3 Å². The Kier molecular flexibility index (Phi) is 3.79. The molecule has 2 aromatic heterocycles. The minimum atomic E-state index is 0.350. The fraction of sp³-hybridized carbons (Fsp3) is 0.571. The maximum absolute atomic E-state index is 4.37. The van der Waals surface area contributed by atoms with Gasteiger partial charge in [-0.1, -0.05) is 0 Å². The first-order chi connectivity index (χ1) is 9.61. The number of halogens is 1. The summed E-state index contributed by atoms with van der Waals surface area (Å²) in [5.41, 5.74) is 2.40. The molecule has 0 bridgehead atoms. The molecule has 0 radical (unpaired) electrons. The van der Waals surface area contributed by atoms with Crippen molar-refractivity contribution in [1.82, 2.24) is 24.6 Å². The molecule has 1 aliphatic rings. The Morgan fingerprint density at radius 3 is 2.80 bits per heavy atom. The average molecular weight is 338 g/mol. The third kappa shape index (κ3) is 2.47. The summed E-state index contributed by atoms with van der Waals surface area (Å²) >= 11 is 3.40. The van der Waals surface area contributed by atoms with Crippen LogP contribution in [-0.4, -0.2) is 45.4 Å². The zero-order valence-corrected chi connectivity index (χ0v) is 13.5. The third-order valence-electron chi connectivity index (χ3n) is 4.43. The summed E-state index contributed by atoms with van der Waals surface area (Å²) in [5.74, 6) is 0. The summed E-state index contributed by atoms with van der Waals surface area (Å²) in [5, 5.41) is 3.59. The quantitative estimate of drug-likeness (QED) is 0.907. The van der Waals surface area contributed by atoms with Crippen LogP contribution in [0.15, 0.2) is 23.2 Å². The molecular weight excluding hydrogens is 318 g/mol. The van der Waals surface area contributed by atoms with E-state index in [0.29, 0.717) is 5.54 Å². The van der Waals surface area contributed by atoms with Crippen LogP contribution in [0.4, 0.5) is 0 Å². The SMILES string of the molecule is CN(C)C1(CNCc2cnc3cnc(Br)cn23)CCC1. The molecule has 108 valence electrons. The zero-order valence-electron chi connectivity index (χ0n) is 11.9. The lowest BCUT2D eigenvalue weighted by atomic mass is 9.75. The van der Waals surface area contributed by atoms with E-state index in [2.05, 4.69) is 54.6 Å². The van der Waals surface area contributed by atoms with Crippen molar-refractivity contribution in [2.45, 2.75) is 31.3 Å². The molecule has 1 fully saturated rings. The minimum Gasteiger partial charge on any atom is -0.309 e. The van der Waals surface area contributed by atoms with Crippen molar-refractivity contribution < 1.29 is 0 Å². The van der Waals surface area contributed by atoms with Gasteiger partial charge in [-0.2, -0.15) is 0 Å². The van der Waals surface area contributed by atoms with Crippen LogP contribution in [0.5, 0.6) is 0 Å². The number of hydrogen-bond acceptors (Lipinski definition) is 4. The molecule has 0 spiro atoms. The van der Waals surface area contributed by atoms with Gasteiger partial charge in [0.1, 0.15) is 4.60 Å². The molecule has 20 heavy (non-hydrogen) atoms. The Morgan fingerprint density at radius 1 is 1.35 bits per heavy atom. The number of fused-ring (bicyclic) bond motifs is 1. The summed E-state index contributed by atoms with van der Waals surface area (Å²) in [6.07, 6.45) is 9.57. The summed E-state index contributed by atoms with van der Waals surface area (Å²) in [6, 6.07) is 0. The Balaban J connectivity index is 1.67. The van der Waals surface area contributed by atoms with Gasteiger partial charge in [0.05, 0.1) is 18.1 Å². The third-order valence-corrected chi connectivity index (χ3v) is 4.84. The summed E-state index contributed by atoms with van der Waals surface area (Å²) < 4.78 is 2.90. The fourth-order valence-electron chi connectivity index (χ4n) is 2.84. The maximum Gasteiger partial charge on any atom is 0.155 e. The molecule has 1 saturated carbocycles. The molecule has 0 aliphatic heterocycles. The monoisotopic (exact) mass is 337 g/mol. The first-order valence-electron chi connectivity index (χ1n) is 6.96. The molecule has 0 unspecified atom stereocenters. The lowest BCUT2D eigenvalue weighted by Gasteiger charge is -2.47. The van der Waals surface area contributed by atoms with Crippen LogP contribution in [0.1, 0.15) is 25.0 Å². The number of nitrogens with one attached hydrogen (secondary N) is 1. The van der Waals surface area contributed by atoms with E-state index in [1.807, 2.05) is 12.4 Å². The van der Waals surface area contributed by atoms with Crippen LogP contribution >= 0.6 is 15.9 Å². The largest absolute Gasteiger partial charge is 0.309 e. The van der Waals surface area contributed by atoms with Crippen LogP contribution in [0.25, 0.3) is 5.65 Å². The van der Waals surface area contributed by atoms with E-state index in [1.54, 1.807) is 6.20 Å². The predicted octanol–water partition coefficient (Wildman–Crippen LogP) is 2.07.